The van der Waals surface area contributed by atoms with Crippen LogP contribution in [0.5, 0.6) is 0 Å². The summed E-state index contributed by atoms with van der Waals surface area (Å²) in [6, 6.07) is 7.34. The van der Waals surface area contributed by atoms with E-state index in [9.17, 15) is 19.1 Å². The molecule has 4 fully saturated rings. The quantitative estimate of drug-likeness (QED) is 0.777. The lowest BCUT2D eigenvalue weighted by Gasteiger charge is -2.71. The maximum absolute atomic E-state index is 14.5. The molecule has 1 atom stereocenters. The molecule has 6 rings (SSSR count). The van der Waals surface area contributed by atoms with E-state index < -0.39 is 22.9 Å². The van der Waals surface area contributed by atoms with Crippen molar-refractivity contribution in [3.8, 4) is 0 Å². The van der Waals surface area contributed by atoms with Crippen LogP contribution < -0.4 is 4.90 Å². The predicted octanol–water partition coefficient (Wildman–Crippen LogP) is 3.19. The van der Waals surface area contributed by atoms with E-state index in [4.69, 9.17) is 23.2 Å². The fourth-order valence-corrected chi connectivity index (χ4v) is 5.44. The van der Waals surface area contributed by atoms with E-state index in [1.165, 1.54) is 6.20 Å². The fourth-order valence-electron chi connectivity index (χ4n) is 5.17. The van der Waals surface area contributed by atoms with Crippen LogP contribution in [0.4, 0.5) is 10.2 Å². The number of hydrogen-bond donors (Lipinski definition) is 1. The molecule has 1 aromatic carbocycles. The van der Waals surface area contributed by atoms with E-state index in [-0.39, 0.29) is 35.7 Å². The van der Waals surface area contributed by atoms with Gasteiger partial charge in [0.05, 0.1) is 10.6 Å². The second-order valence-corrected chi connectivity index (χ2v) is 9.42. The second kappa shape index (κ2) is 6.64. The summed E-state index contributed by atoms with van der Waals surface area (Å²) in [7, 11) is 0. The van der Waals surface area contributed by atoms with Crippen molar-refractivity contribution < 1.29 is 19.1 Å². The highest BCUT2D eigenvalue weighted by atomic mass is 35.5. The monoisotopic (exact) mass is 449 g/mol. The summed E-state index contributed by atoms with van der Waals surface area (Å²) in [5.74, 6) is -1.66. The highest BCUT2D eigenvalue weighted by Crippen LogP contribution is 2.70. The molecule has 9 heteroatoms. The van der Waals surface area contributed by atoms with Crippen molar-refractivity contribution in [1.29, 1.82) is 0 Å². The maximum Gasteiger partial charge on any atom is 0.252 e. The molecule has 1 aliphatic heterocycles. The average molecular weight is 450 g/mol. The topological polar surface area (TPSA) is 73.7 Å². The van der Waals surface area contributed by atoms with Crippen LogP contribution in [0.3, 0.4) is 0 Å². The lowest BCUT2D eigenvalue weighted by molar-refractivity contribution is -0.280. The number of amides is 2. The van der Waals surface area contributed by atoms with Crippen molar-refractivity contribution in [3.63, 3.8) is 0 Å². The molecule has 1 N–H and O–H groups in total. The zero-order valence-corrected chi connectivity index (χ0v) is 17.3. The standard InChI is InChI=1S/C21H18Cl2FN3O3/c22-13-3-1-12(2-4-13)7-26-16(28)8-27(18-15(24)5-14(23)6-25-18)19(29)17(26)20-9-21(30,10-20)11-20/h1-6,17,30H,7-11H2. The van der Waals surface area contributed by atoms with Crippen LogP contribution in [0.15, 0.2) is 36.5 Å². The molecule has 6 nitrogen and oxygen atoms in total. The van der Waals surface area contributed by atoms with Gasteiger partial charge in [-0.1, -0.05) is 35.3 Å². The van der Waals surface area contributed by atoms with Crippen molar-refractivity contribution in [2.45, 2.75) is 37.5 Å². The van der Waals surface area contributed by atoms with Crippen LogP contribution in [0, 0.1) is 11.2 Å². The Hall–Kier alpha value is -2.22. The summed E-state index contributed by atoms with van der Waals surface area (Å²) in [6.07, 6.45) is 2.60. The lowest BCUT2D eigenvalue weighted by Crippen LogP contribution is -2.78. The summed E-state index contributed by atoms with van der Waals surface area (Å²) in [5, 5.41) is 10.9. The molecule has 1 saturated heterocycles. The van der Waals surface area contributed by atoms with Crippen molar-refractivity contribution >= 4 is 40.8 Å². The molecule has 1 unspecified atom stereocenters. The molecular weight excluding hydrogens is 432 g/mol. The third kappa shape index (κ3) is 2.99. The van der Waals surface area contributed by atoms with Crippen molar-refractivity contribution in [3.05, 3.63) is 58.0 Å². The maximum atomic E-state index is 14.5. The average Bonchev–Trinajstić information content (AvgIpc) is 2.64. The molecule has 0 spiro atoms. The SMILES string of the molecule is O=C1C(C23CC(O)(C2)C3)N(Cc2ccc(Cl)cc2)C(=O)CN1c1ncc(Cl)cc1F. The molecule has 30 heavy (non-hydrogen) atoms. The Labute approximate surface area is 182 Å². The van der Waals surface area contributed by atoms with E-state index in [0.717, 1.165) is 16.5 Å². The Bertz CT molecular complexity index is 1040. The number of piperazine rings is 1. The molecule has 0 radical (unpaired) electrons. The minimum atomic E-state index is -0.791. The van der Waals surface area contributed by atoms with Crippen LogP contribution in [-0.4, -0.2) is 45.0 Å². The number of aliphatic hydroxyl groups is 1. The van der Waals surface area contributed by atoms with E-state index in [2.05, 4.69) is 4.98 Å². The normalized spacial score (nSPS) is 30.2. The number of carbonyl (C=O) groups excluding carboxylic acids is 2. The smallest absolute Gasteiger partial charge is 0.252 e. The number of carbonyl (C=O) groups is 2. The zero-order valence-electron chi connectivity index (χ0n) is 15.8. The predicted molar refractivity (Wildman–Crippen MR) is 109 cm³/mol. The highest BCUT2D eigenvalue weighted by Gasteiger charge is 2.73. The van der Waals surface area contributed by atoms with Crippen LogP contribution in [0.25, 0.3) is 0 Å². The first-order valence-corrected chi connectivity index (χ1v) is 10.3. The summed E-state index contributed by atoms with van der Waals surface area (Å²) >= 11 is 11.7. The van der Waals surface area contributed by atoms with Crippen molar-refractivity contribution in [2.24, 2.45) is 5.41 Å². The summed E-state index contributed by atoms with van der Waals surface area (Å²) in [4.78, 5) is 33.3. The Morgan fingerprint density at radius 2 is 1.80 bits per heavy atom. The molecule has 3 saturated carbocycles. The van der Waals surface area contributed by atoms with Gasteiger partial charge in [-0.25, -0.2) is 9.37 Å². The van der Waals surface area contributed by atoms with Gasteiger partial charge in [-0.05, 0) is 43.0 Å². The van der Waals surface area contributed by atoms with Crippen molar-refractivity contribution in [1.82, 2.24) is 9.88 Å². The molecule has 2 bridgehead atoms. The highest BCUT2D eigenvalue weighted by molar-refractivity contribution is 6.30. The molecule has 4 aliphatic rings. The van der Waals surface area contributed by atoms with E-state index in [1.807, 2.05) is 0 Å². The van der Waals surface area contributed by atoms with Gasteiger partial charge in [0, 0.05) is 23.2 Å². The Morgan fingerprint density at radius 3 is 2.40 bits per heavy atom. The first kappa shape index (κ1) is 19.7. The third-order valence-electron chi connectivity index (χ3n) is 6.36. The summed E-state index contributed by atoms with van der Waals surface area (Å²) < 4.78 is 14.5. The van der Waals surface area contributed by atoms with Gasteiger partial charge in [-0.2, -0.15) is 0 Å². The number of anilines is 1. The Morgan fingerprint density at radius 1 is 1.13 bits per heavy atom. The van der Waals surface area contributed by atoms with Crippen LogP contribution in [0.1, 0.15) is 24.8 Å². The van der Waals surface area contributed by atoms with Gasteiger partial charge in [0.1, 0.15) is 12.6 Å². The number of benzene rings is 1. The molecule has 3 aliphatic carbocycles. The Kier molecular flexibility index (Phi) is 4.36. The van der Waals surface area contributed by atoms with E-state index in [1.54, 1.807) is 29.2 Å². The van der Waals surface area contributed by atoms with Crippen LogP contribution in [0.2, 0.25) is 10.0 Å². The van der Waals surface area contributed by atoms with Crippen LogP contribution in [-0.2, 0) is 16.1 Å². The third-order valence-corrected chi connectivity index (χ3v) is 6.82. The summed E-state index contributed by atoms with van der Waals surface area (Å²) in [6.45, 7) is -0.0776. The minimum Gasteiger partial charge on any atom is -0.390 e. The molecule has 2 aromatic rings. The molecule has 2 amide bonds. The van der Waals surface area contributed by atoms with E-state index >= 15 is 0 Å². The van der Waals surface area contributed by atoms with Crippen LogP contribution >= 0.6 is 23.2 Å². The number of rotatable bonds is 4. The number of pyridine rings is 1. The molecule has 2 heterocycles. The fraction of sp³-hybridized carbons (Fsp3) is 0.381. The number of hydrogen-bond acceptors (Lipinski definition) is 4. The van der Waals surface area contributed by atoms with E-state index in [0.29, 0.717) is 24.3 Å². The van der Waals surface area contributed by atoms with Gasteiger partial charge in [0.2, 0.25) is 5.91 Å². The number of aromatic nitrogens is 1. The first-order valence-electron chi connectivity index (χ1n) is 9.59. The van der Waals surface area contributed by atoms with Crippen molar-refractivity contribution in [2.75, 3.05) is 11.4 Å². The first-order chi connectivity index (χ1) is 14.2. The largest absolute Gasteiger partial charge is 0.390 e. The number of halogens is 3. The minimum absolute atomic E-state index is 0.106. The molecule has 156 valence electrons. The molecule has 1 aromatic heterocycles. The van der Waals surface area contributed by atoms with Gasteiger partial charge in [0.15, 0.2) is 11.6 Å². The van der Waals surface area contributed by atoms with Gasteiger partial charge < -0.3 is 10.0 Å². The molecular formula is C21H18Cl2FN3O3. The van der Waals surface area contributed by atoms with Gasteiger partial charge in [-0.3, -0.25) is 14.5 Å². The van der Waals surface area contributed by atoms with Gasteiger partial charge in [0.25, 0.3) is 5.91 Å². The Balaban J connectivity index is 1.50. The number of nitrogens with zero attached hydrogens (tertiary/aromatic N) is 3. The van der Waals surface area contributed by atoms with Gasteiger partial charge >= 0.3 is 0 Å². The zero-order chi connectivity index (χ0) is 21.3. The lowest BCUT2D eigenvalue weighted by atomic mass is 9.38. The van der Waals surface area contributed by atoms with Gasteiger partial charge in [-0.15, -0.1) is 0 Å². The summed E-state index contributed by atoms with van der Waals surface area (Å²) in [5.41, 5.74) is -0.406. The second-order valence-electron chi connectivity index (χ2n) is 8.55.